The summed E-state index contributed by atoms with van der Waals surface area (Å²) in [5.74, 6) is 0.00224. The van der Waals surface area contributed by atoms with Crippen molar-refractivity contribution in [3.8, 4) is 0 Å². The highest BCUT2D eigenvalue weighted by atomic mass is 16.5. The lowest BCUT2D eigenvalue weighted by Gasteiger charge is -2.06. The summed E-state index contributed by atoms with van der Waals surface area (Å²) in [6.45, 7) is 1.07. The monoisotopic (exact) mass is 303 g/mol. The van der Waals surface area contributed by atoms with E-state index in [0.29, 0.717) is 24.5 Å². The molecule has 7 nitrogen and oxygen atoms in total. The molecule has 0 radical (unpaired) electrons. The molecule has 0 fully saturated rings. The maximum absolute atomic E-state index is 12.0. The number of hydrogen-bond donors (Lipinski definition) is 2. The molecule has 0 bridgehead atoms. The molecule has 2 N–H and O–H groups in total. The molecule has 0 aliphatic carbocycles. The summed E-state index contributed by atoms with van der Waals surface area (Å²) in [6.07, 6.45) is 2.96. The van der Waals surface area contributed by atoms with Gasteiger partial charge < -0.3 is 19.8 Å². The molecule has 0 aliphatic rings. The van der Waals surface area contributed by atoms with Crippen molar-refractivity contribution in [2.45, 2.75) is 6.54 Å². The molecule has 22 heavy (non-hydrogen) atoms. The topological polar surface area (TPSA) is 93.5 Å². The van der Waals surface area contributed by atoms with Gasteiger partial charge in [0.2, 0.25) is 0 Å². The van der Waals surface area contributed by atoms with Gasteiger partial charge in [0, 0.05) is 25.4 Å². The Labute approximate surface area is 127 Å². The van der Waals surface area contributed by atoms with Crippen LogP contribution in [0.4, 0.5) is 0 Å². The molecule has 2 rings (SSSR count). The summed E-state index contributed by atoms with van der Waals surface area (Å²) >= 11 is 0. The van der Waals surface area contributed by atoms with Crippen molar-refractivity contribution in [3.05, 3.63) is 53.7 Å². The van der Waals surface area contributed by atoms with Crippen LogP contribution in [0.5, 0.6) is 0 Å². The zero-order valence-electron chi connectivity index (χ0n) is 12.2. The standard InChI is InChI=1S/C15H17N3O4/c1-21-8-6-17-15(20)13-9-11(4-5-16-13)14(19)18-10-12-3-2-7-22-12/h2-5,7,9H,6,8,10H2,1H3,(H,17,20)(H,18,19). The normalized spacial score (nSPS) is 10.2. The van der Waals surface area contributed by atoms with E-state index in [4.69, 9.17) is 9.15 Å². The predicted molar refractivity (Wildman–Crippen MR) is 78.3 cm³/mol. The molecule has 0 aromatic carbocycles. The lowest BCUT2D eigenvalue weighted by Crippen LogP contribution is -2.28. The van der Waals surface area contributed by atoms with Crippen LogP contribution in [-0.4, -0.2) is 37.1 Å². The molecule has 0 saturated carbocycles. The van der Waals surface area contributed by atoms with Crippen molar-refractivity contribution >= 4 is 11.8 Å². The fourth-order valence-electron chi connectivity index (χ4n) is 1.74. The quantitative estimate of drug-likeness (QED) is 0.744. The lowest BCUT2D eigenvalue weighted by molar-refractivity contribution is 0.0932. The van der Waals surface area contributed by atoms with Crippen LogP contribution in [0.3, 0.4) is 0 Å². The van der Waals surface area contributed by atoms with E-state index in [2.05, 4.69) is 15.6 Å². The van der Waals surface area contributed by atoms with Crippen molar-refractivity contribution in [2.75, 3.05) is 20.3 Å². The van der Waals surface area contributed by atoms with Gasteiger partial charge in [-0.1, -0.05) is 0 Å². The minimum atomic E-state index is -0.349. The van der Waals surface area contributed by atoms with Gasteiger partial charge in [0.1, 0.15) is 11.5 Å². The second-order valence-corrected chi connectivity index (χ2v) is 4.44. The number of pyridine rings is 1. The summed E-state index contributed by atoms with van der Waals surface area (Å²) < 4.78 is 9.98. The molecule has 0 aliphatic heterocycles. The van der Waals surface area contributed by atoms with Gasteiger partial charge in [-0.25, -0.2) is 0 Å². The highest BCUT2D eigenvalue weighted by molar-refractivity contribution is 5.98. The molecule has 2 aromatic heterocycles. The Balaban J connectivity index is 1.95. The van der Waals surface area contributed by atoms with E-state index in [-0.39, 0.29) is 24.1 Å². The smallest absolute Gasteiger partial charge is 0.269 e. The average molecular weight is 303 g/mol. The minimum Gasteiger partial charge on any atom is -0.467 e. The summed E-state index contributed by atoms with van der Waals surface area (Å²) in [5, 5.41) is 5.35. The second-order valence-electron chi connectivity index (χ2n) is 4.44. The van der Waals surface area contributed by atoms with E-state index in [1.807, 2.05) is 0 Å². The van der Waals surface area contributed by atoms with Crippen molar-refractivity contribution in [1.29, 1.82) is 0 Å². The van der Waals surface area contributed by atoms with Crippen molar-refractivity contribution in [3.63, 3.8) is 0 Å². The van der Waals surface area contributed by atoms with Gasteiger partial charge in [-0.15, -0.1) is 0 Å². The van der Waals surface area contributed by atoms with Crippen LogP contribution in [0, 0.1) is 0 Å². The van der Waals surface area contributed by atoms with E-state index in [1.165, 1.54) is 18.5 Å². The number of nitrogens with one attached hydrogen (secondary N) is 2. The lowest BCUT2D eigenvalue weighted by atomic mass is 10.2. The predicted octanol–water partition coefficient (Wildman–Crippen LogP) is 0.981. The maximum Gasteiger partial charge on any atom is 0.269 e. The van der Waals surface area contributed by atoms with Crippen LogP contribution in [0.15, 0.2) is 41.1 Å². The number of nitrogens with zero attached hydrogens (tertiary/aromatic N) is 1. The number of hydrogen-bond acceptors (Lipinski definition) is 5. The van der Waals surface area contributed by atoms with Crippen LogP contribution in [-0.2, 0) is 11.3 Å². The molecular weight excluding hydrogens is 286 g/mol. The second kappa shape index (κ2) is 7.94. The molecular formula is C15H17N3O4. The third-order valence-electron chi connectivity index (χ3n) is 2.85. The Morgan fingerprint density at radius 2 is 2.14 bits per heavy atom. The van der Waals surface area contributed by atoms with Gasteiger partial charge in [-0.2, -0.15) is 0 Å². The molecule has 2 heterocycles. The summed E-state index contributed by atoms with van der Waals surface area (Å²) in [6, 6.07) is 6.50. The molecule has 2 aromatic rings. The number of ether oxygens (including phenoxy) is 1. The number of furan rings is 1. The van der Waals surface area contributed by atoms with E-state index in [0.717, 1.165) is 0 Å². The Bertz CT molecular complexity index is 625. The maximum atomic E-state index is 12.0. The minimum absolute atomic E-state index is 0.182. The van der Waals surface area contributed by atoms with E-state index in [9.17, 15) is 9.59 Å². The van der Waals surface area contributed by atoms with Crippen molar-refractivity contribution in [1.82, 2.24) is 15.6 Å². The zero-order valence-corrected chi connectivity index (χ0v) is 12.2. The summed E-state index contributed by atoms with van der Waals surface area (Å²) in [4.78, 5) is 27.9. The first-order valence-electron chi connectivity index (χ1n) is 6.74. The van der Waals surface area contributed by atoms with E-state index in [1.54, 1.807) is 25.3 Å². The van der Waals surface area contributed by atoms with Crippen LogP contribution < -0.4 is 10.6 Å². The van der Waals surface area contributed by atoms with Crippen LogP contribution in [0.25, 0.3) is 0 Å². The van der Waals surface area contributed by atoms with Gasteiger partial charge in [-0.3, -0.25) is 14.6 Å². The highest BCUT2D eigenvalue weighted by Crippen LogP contribution is 2.04. The Morgan fingerprint density at radius 1 is 1.27 bits per heavy atom. The first kappa shape index (κ1) is 15.7. The van der Waals surface area contributed by atoms with Gasteiger partial charge in [0.25, 0.3) is 11.8 Å². The average Bonchev–Trinajstić information content (AvgIpc) is 3.06. The Kier molecular flexibility index (Phi) is 5.67. The third-order valence-corrected chi connectivity index (χ3v) is 2.85. The molecule has 0 unspecified atom stereocenters. The van der Waals surface area contributed by atoms with Crippen LogP contribution in [0.2, 0.25) is 0 Å². The van der Waals surface area contributed by atoms with Gasteiger partial charge in [0.05, 0.1) is 19.4 Å². The largest absolute Gasteiger partial charge is 0.467 e. The summed E-state index contributed by atoms with van der Waals surface area (Å²) in [7, 11) is 1.55. The molecule has 0 spiro atoms. The fourth-order valence-corrected chi connectivity index (χ4v) is 1.74. The number of methoxy groups -OCH3 is 1. The Morgan fingerprint density at radius 3 is 2.86 bits per heavy atom. The molecule has 2 amide bonds. The van der Waals surface area contributed by atoms with Crippen molar-refractivity contribution < 1.29 is 18.7 Å². The number of aromatic nitrogens is 1. The molecule has 0 atom stereocenters. The van der Waals surface area contributed by atoms with Crippen LogP contribution >= 0.6 is 0 Å². The van der Waals surface area contributed by atoms with Gasteiger partial charge >= 0.3 is 0 Å². The van der Waals surface area contributed by atoms with Gasteiger partial charge in [0.15, 0.2) is 0 Å². The Hall–Kier alpha value is -2.67. The van der Waals surface area contributed by atoms with Crippen molar-refractivity contribution in [2.24, 2.45) is 0 Å². The summed E-state index contributed by atoms with van der Waals surface area (Å²) in [5.41, 5.74) is 0.542. The zero-order chi connectivity index (χ0) is 15.8. The number of amides is 2. The number of rotatable bonds is 7. The van der Waals surface area contributed by atoms with E-state index < -0.39 is 0 Å². The fraction of sp³-hybridized carbons (Fsp3) is 0.267. The molecule has 7 heteroatoms. The van der Waals surface area contributed by atoms with Gasteiger partial charge in [-0.05, 0) is 24.3 Å². The number of carbonyl (C=O) groups is 2. The first-order valence-corrected chi connectivity index (χ1v) is 6.74. The molecule has 116 valence electrons. The SMILES string of the molecule is COCCNC(=O)c1cc(C(=O)NCc2ccco2)ccn1. The van der Waals surface area contributed by atoms with E-state index >= 15 is 0 Å². The number of carbonyl (C=O) groups excluding carboxylic acids is 2. The third kappa shape index (κ3) is 4.42. The highest BCUT2D eigenvalue weighted by Gasteiger charge is 2.11. The molecule has 0 saturated heterocycles. The van der Waals surface area contributed by atoms with Crippen LogP contribution in [0.1, 0.15) is 26.6 Å². The first-order chi connectivity index (χ1) is 10.7.